The Kier molecular flexibility index (Phi) is 4.54. The average molecular weight is 328 g/mol. The molecular weight excluding hydrogens is 313 g/mol. The van der Waals surface area contributed by atoms with Crippen molar-refractivity contribution in [2.75, 3.05) is 0 Å². The van der Waals surface area contributed by atoms with E-state index < -0.39 is 0 Å². The van der Waals surface area contributed by atoms with Gasteiger partial charge in [0, 0.05) is 20.3 Å². The van der Waals surface area contributed by atoms with Crippen LogP contribution in [0.1, 0.15) is 28.3 Å². The van der Waals surface area contributed by atoms with E-state index in [-0.39, 0.29) is 11.9 Å². The minimum Gasteiger partial charge on any atom is -0.323 e. The zero-order valence-corrected chi connectivity index (χ0v) is 12.5. The van der Waals surface area contributed by atoms with E-state index in [0.29, 0.717) is 12.0 Å². The van der Waals surface area contributed by atoms with Gasteiger partial charge >= 0.3 is 0 Å². The van der Waals surface area contributed by atoms with Crippen molar-refractivity contribution in [1.82, 2.24) is 0 Å². The summed E-state index contributed by atoms with van der Waals surface area (Å²) in [7, 11) is 0. The van der Waals surface area contributed by atoms with Crippen molar-refractivity contribution in [1.29, 1.82) is 0 Å². The van der Waals surface area contributed by atoms with Crippen LogP contribution in [0.25, 0.3) is 0 Å². The maximum absolute atomic E-state index is 13.7. The number of benzene rings is 1. The molecule has 18 heavy (non-hydrogen) atoms. The van der Waals surface area contributed by atoms with Crippen molar-refractivity contribution in [3.8, 4) is 0 Å². The summed E-state index contributed by atoms with van der Waals surface area (Å²) in [4.78, 5) is 2.44. The summed E-state index contributed by atoms with van der Waals surface area (Å²) in [6.07, 6.45) is 1.55. The molecular formula is C14H15BrFNS. The van der Waals surface area contributed by atoms with Crippen molar-refractivity contribution < 1.29 is 4.39 Å². The van der Waals surface area contributed by atoms with E-state index in [1.807, 2.05) is 12.1 Å². The molecule has 4 heteroatoms. The zero-order valence-electron chi connectivity index (χ0n) is 10.1. The standard InChI is InChI=1S/C14H15BrFNS/c1-2-11-5-6-14(18-11)13(17)7-9-3-4-10(15)8-12(9)16/h3-6,8,13H,2,7,17H2,1H3. The number of rotatable bonds is 4. The van der Waals surface area contributed by atoms with E-state index >= 15 is 0 Å². The first-order valence-electron chi connectivity index (χ1n) is 5.88. The molecule has 1 nitrogen and oxygen atoms in total. The molecule has 1 aromatic heterocycles. The van der Waals surface area contributed by atoms with Gasteiger partial charge in [-0.25, -0.2) is 4.39 Å². The van der Waals surface area contributed by atoms with Gasteiger partial charge in [-0.05, 0) is 42.7 Å². The van der Waals surface area contributed by atoms with E-state index in [2.05, 4.69) is 28.9 Å². The molecule has 0 aliphatic heterocycles. The average Bonchev–Trinajstić information content (AvgIpc) is 2.81. The molecule has 0 amide bonds. The number of halogens is 2. The molecule has 2 rings (SSSR count). The molecule has 0 fully saturated rings. The number of hydrogen-bond donors (Lipinski definition) is 1. The van der Waals surface area contributed by atoms with Gasteiger partial charge in [0.1, 0.15) is 5.82 Å². The monoisotopic (exact) mass is 327 g/mol. The predicted molar refractivity (Wildman–Crippen MR) is 78.4 cm³/mol. The number of nitrogens with two attached hydrogens (primary N) is 1. The van der Waals surface area contributed by atoms with E-state index in [1.54, 1.807) is 17.4 Å². The highest BCUT2D eigenvalue weighted by molar-refractivity contribution is 9.10. The zero-order chi connectivity index (χ0) is 13.1. The minimum absolute atomic E-state index is 0.133. The van der Waals surface area contributed by atoms with Crippen molar-refractivity contribution in [3.05, 3.63) is 55.9 Å². The molecule has 0 radical (unpaired) electrons. The Morgan fingerprint density at radius 3 is 2.72 bits per heavy atom. The quantitative estimate of drug-likeness (QED) is 0.881. The molecule has 1 unspecified atom stereocenters. The fourth-order valence-electron chi connectivity index (χ4n) is 1.81. The Labute approximate surface area is 119 Å². The maximum atomic E-state index is 13.7. The normalized spacial score (nSPS) is 12.7. The lowest BCUT2D eigenvalue weighted by molar-refractivity contribution is 0.594. The second kappa shape index (κ2) is 5.95. The van der Waals surface area contributed by atoms with Crippen LogP contribution in [0.15, 0.2) is 34.8 Å². The Hall–Kier alpha value is -0.710. The highest BCUT2D eigenvalue weighted by atomic mass is 79.9. The number of thiophene rings is 1. The van der Waals surface area contributed by atoms with Crippen LogP contribution in [0, 0.1) is 5.82 Å². The SMILES string of the molecule is CCc1ccc(C(N)Cc2ccc(Br)cc2F)s1. The van der Waals surface area contributed by atoms with Crippen LogP contribution in [-0.4, -0.2) is 0 Å². The van der Waals surface area contributed by atoms with E-state index in [9.17, 15) is 4.39 Å². The van der Waals surface area contributed by atoms with Crippen LogP contribution >= 0.6 is 27.3 Å². The number of aryl methyl sites for hydroxylation is 1. The molecule has 1 heterocycles. The lowest BCUT2D eigenvalue weighted by atomic mass is 10.0. The van der Waals surface area contributed by atoms with Crippen LogP contribution < -0.4 is 5.73 Å². The first-order chi connectivity index (χ1) is 8.60. The summed E-state index contributed by atoms with van der Waals surface area (Å²) in [5.41, 5.74) is 6.80. The van der Waals surface area contributed by atoms with Gasteiger partial charge in [-0.3, -0.25) is 0 Å². The van der Waals surface area contributed by atoms with Crippen molar-refractivity contribution >= 4 is 27.3 Å². The summed E-state index contributed by atoms with van der Waals surface area (Å²) in [5.74, 6) is -0.202. The molecule has 0 aliphatic rings. The molecule has 2 aromatic rings. The molecule has 0 saturated heterocycles. The topological polar surface area (TPSA) is 26.0 Å². The maximum Gasteiger partial charge on any atom is 0.127 e. The molecule has 0 bridgehead atoms. The fraction of sp³-hybridized carbons (Fsp3) is 0.286. The molecule has 0 saturated carbocycles. The Morgan fingerprint density at radius 2 is 2.11 bits per heavy atom. The third kappa shape index (κ3) is 3.19. The summed E-state index contributed by atoms with van der Waals surface area (Å²) in [6, 6.07) is 9.12. The third-order valence-electron chi connectivity index (χ3n) is 2.85. The third-order valence-corrected chi connectivity index (χ3v) is 4.71. The molecule has 1 atom stereocenters. The highest BCUT2D eigenvalue weighted by Gasteiger charge is 2.12. The van der Waals surface area contributed by atoms with Gasteiger partial charge in [0.15, 0.2) is 0 Å². The lowest BCUT2D eigenvalue weighted by Crippen LogP contribution is -2.12. The van der Waals surface area contributed by atoms with Gasteiger partial charge in [0.05, 0.1) is 0 Å². The van der Waals surface area contributed by atoms with Gasteiger partial charge < -0.3 is 5.73 Å². The van der Waals surface area contributed by atoms with Crippen LogP contribution in [0.5, 0.6) is 0 Å². The largest absolute Gasteiger partial charge is 0.323 e. The van der Waals surface area contributed by atoms with Gasteiger partial charge in [-0.15, -0.1) is 11.3 Å². The first kappa shape index (κ1) is 13.7. The van der Waals surface area contributed by atoms with Crippen LogP contribution in [0.2, 0.25) is 0 Å². The van der Waals surface area contributed by atoms with Gasteiger partial charge in [-0.1, -0.05) is 28.9 Å². The van der Waals surface area contributed by atoms with Gasteiger partial charge in [0.2, 0.25) is 0 Å². The molecule has 96 valence electrons. The van der Waals surface area contributed by atoms with Gasteiger partial charge in [0.25, 0.3) is 0 Å². The van der Waals surface area contributed by atoms with Crippen LogP contribution in [0.3, 0.4) is 0 Å². The van der Waals surface area contributed by atoms with E-state index in [0.717, 1.165) is 15.8 Å². The van der Waals surface area contributed by atoms with Crippen LogP contribution in [-0.2, 0) is 12.8 Å². The van der Waals surface area contributed by atoms with E-state index in [4.69, 9.17) is 5.73 Å². The smallest absolute Gasteiger partial charge is 0.127 e. The summed E-state index contributed by atoms with van der Waals surface area (Å²) < 4.78 is 14.5. The Bertz CT molecular complexity index is 538. The number of hydrogen-bond acceptors (Lipinski definition) is 2. The predicted octanol–water partition coefficient (Wildman–Crippen LogP) is 4.45. The summed E-state index contributed by atoms with van der Waals surface area (Å²) >= 11 is 4.96. The second-order valence-corrected chi connectivity index (χ2v) is 6.32. The first-order valence-corrected chi connectivity index (χ1v) is 7.49. The fourth-order valence-corrected chi connectivity index (χ4v) is 3.10. The Morgan fingerprint density at radius 1 is 1.33 bits per heavy atom. The van der Waals surface area contributed by atoms with E-state index in [1.165, 1.54) is 10.9 Å². The molecule has 1 aromatic carbocycles. The molecule has 0 spiro atoms. The summed E-state index contributed by atoms with van der Waals surface area (Å²) in [6.45, 7) is 2.12. The van der Waals surface area contributed by atoms with Crippen molar-refractivity contribution in [2.45, 2.75) is 25.8 Å². The van der Waals surface area contributed by atoms with Crippen molar-refractivity contribution in [2.24, 2.45) is 5.73 Å². The van der Waals surface area contributed by atoms with Crippen molar-refractivity contribution in [3.63, 3.8) is 0 Å². The van der Waals surface area contributed by atoms with Gasteiger partial charge in [-0.2, -0.15) is 0 Å². The highest BCUT2D eigenvalue weighted by Crippen LogP contribution is 2.26. The summed E-state index contributed by atoms with van der Waals surface area (Å²) in [5, 5.41) is 0. The minimum atomic E-state index is -0.202. The molecule has 2 N–H and O–H groups in total. The lowest BCUT2D eigenvalue weighted by Gasteiger charge is -2.10. The van der Waals surface area contributed by atoms with Crippen LogP contribution in [0.4, 0.5) is 4.39 Å². The second-order valence-electron chi connectivity index (χ2n) is 4.20. The Balaban J connectivity index is 2.13. The molecule has 0 aliphatic carbocycles.